The van der Waals surface area contributed by atoms with E-state index >= 15 is 0 Å². The minimum atomic E-state index is -0.383. The first-order chi connectivity index (χ1) is 13.6. The molecule has 152 valence electrons. The molecule has 2 aromatic heterocycles. The molecule has 0 spiro atoms. The molecular weight excluding hydrogens is 358 g/mol. The smallest absolute Gasteiger partial charge is 0.317 e. The number of urea groups is 1. The summed E-state index contributed by atoms with van der Waals surface area (Å²) in [6, 6.07) is 3.96. The summed E-state index contributed by atoms with van der Waals surface area (Å²) in [6.07, 6.45) is 8.13. The van der Waals surface area contributed by atoms with Crippen molar-refractivity contribution in [2.24, 2.45) is 0 Å². The third-order valence-electron chi connectivity index (χ3n) is 6.19. The Morgan fingerprint density at radius 2 is 2.18 bits per heavy atom. The summed E-state index contributed by atoms with van der Waals surface area (Å²) in [4.78, 5) is 16.9. The number of nitrogens with zero attached hydrogens (tertiary/aromatic N) is 6. The van der Waals surface area contributed by atoms with Crippen molar-refractivity contribution in [3.8, 4) is 0 Å². The zero-order chi connectivity index (χ0) is 19.6. The van der Waals surface area contributed by atoms with E-state index in [2.05, 4.69) is 39.8 Å². The van der Waals surface area contributed by atoms with E-state index in [0.717, 1.165) is 43.8 Å². The van der Waals surface area contributed by atoms with Crippen LogP contribution in [0.1, 0.15) is 56.2 Å². The Bertz CT molecular complexity index is 782. The molecule has 1 atom stereocenters. The number of tetrazole rings is 1. The number of carbonyl (C=O) groups is 1. The van der Waals surface area contributed by atoms with Crippen molar-refractivity contribution in [3.63, 3.8) is 0 Å². The summed E-state index contributed by atoms with van der Waals surface area (Å²) < 4.78 is 7.34. The number of likely N-dealkylation sites (N-methyl/N-ethyl adjacent to an activating group) is 1. The fourth-order valence-electron chi connectivity index (χ4n) is 4.54. The monoisotopic (exact) mass is 387 g/mol. The Morgan fingerprint density at radius 1 is 1.36 bits per heavy atom. The zero-order valence-corrected chi connectivity index (χ0v) is 16.7. The lowest BCUT2D eigenvalue weighted by Crippen LogP contribution is -2.58. The number of piperidine rings is 1. The minimum absolute atomic E-state index is 0.0813. The van der Waals surface area contributed by atoms with Crippen LogP contribution in [0.15, 0.2) is 22.8 Å². The molecule has 1 aliphatic heterocycles. The van der Waals surface area contributed by atoms with Crippen molar-refractivity contribution in [1.29, 1.82) is 0 Å². The van der Waals surface area contributed by atoms with Crippen LogP contribution in [-0.4, -0.2) is 63.2 Å². The van der Waals surface area contributed by atoms with Crippen LogP contribution in [0.5, 0.6) is 0 Å². The molecule has 2 amide bonds. The normalized spacial score (nSPS) is 23.5. The van der Waals surface area contributed by atoms with Gasteiger partial charge in [0.05, 0.1) is 18.8 Å². The average Bonchev–Trinajstić information content (AvgIpc) is 3.47. The van der Waals surface area contributed by atoms with E-state index in [1.165, 1.54) is 12.8 Å². The van der Waals surface area contributed by atoms with E-state index < -0.39 is 0 Å². The highest BCUT2D eigenvalue weighted by Crippen LogP contribution is 2.38. The lowest BCUT2D eigenvalue weighted by atomic mass is 9.86. The first-order valence-corrected chi connectivity index (χ1v) is 10.1. The van der Waals surface area contributed by atoms with Crippen LogP contribution in [0.4, 0.5) is 4.79 Å². The number of aromatic nitrogens is 4. The van der Waals surface area contributed by atoms with E-state index in [0.29, 0.717) is 19.1 Å². The predicted octanol–water partition coefficient (Wildman–Crippen LogP) is 2.14. The summed E-state index contributed by atoms with van der Waals surface area (Å²) in [7, 11) is 4.11. The van der Waals surface area contributed by atoms with Crippen LogP contribution in [0.25, 0.3) is 0 Å². The first-order valence-electron chi connectivity index (χ1n) is 10.1. The quantitative estimate of drug-likeness (QED) is 0.845. The lowest BCUT2D eigenvalue weighted by molar-refractivity contribution is 0.0442. The molecule has 2 fully saturated rings. The second kappa shape index (κ2) is 7.90. The van der Waals surface area contributed by atoms with Gasteiger partial charge in [-0.2, -0.15) is 0 Å². The average molecular weight is 387 g/mol. The van der Waals surface area contributed by atoms with Gasteiger partial charge in [0.1, 0.15) is 11.3 Å². The number of furan rings is 1. The highest BCUT2D eigenvalue weighted by Gasteiger charge is 2.45. The molecule has 1 N–H and O–H groups in total. The Hall–Kier alpha value is -2.42. The molecule has 2 aliphatic rings. The number of hydrogen-bond donors (Lipinski definition) is 1. The fraction of sp³-hybridized carbons (Fsp3) is 0.684. The van der Waals surface area contributed by atoms with Gasteiger partial charge in [-0.15, -0.1) is 5.10 Å². The maximum atomic E-state index is 12.8. The van der Waals surface area contributed by atoms with Gasteiger partial charge in [0.15, 0.2) is 5.82 Å². The number of amides is 2. The highest BCUT2D eigenvalue weighted by atomic mass is 16.3. The molecule has 1 unspecified atom stereocenters. The Morgan fingerprint density at radius 3 is 2.89 bits per heavy atom. The van der Waals surface area contributed by atoms with Gasteiger partial charge in [0, 0.05) is 13.1 Å². The topological polar surface area (TPSA) is 92.3 Å². The van der Waals surface area contributed by atoms with E-state index in [1.807, 2.05) is 21.7 Å². The van der Waals surface area contributed by atoms with Gasteiger partial charge < -0.3 is 14.6 Å². The van der Waals surface area contributed by atoms with Crippen LogP contribution in [0, 0.1) is 0 Å². The largest absolute Gasteiger partial charge is 0.467 e. The van der Waals surface area contributed by atoms with Crippen LogP contribution >= 0.6 is 0 Å². The molecule has 9 nitrogen and oxygen atoms in total. The SMILES string of the molecule is CN(C)C1(c2nnnn2C2CCCC2)CCCN(C(=O)NCc2ccco2)C1. The number of hydrogen-bond acceptors (Lipinski definition) is 6. The molecule has 2 aromatic rings. The first kappa shape index (κ1) is 18.9. The summed E-state index contributed by atoms with van der Waals surface area (Å²) in [5, 5.41) is 15.8. The number of likely N-dealkylation sites (tertiary alicyclic amines) is 1. The summed E-state index contributed by atoms with van der Waals surface area (Å²) in [5.74, 6) is 1.63. The van der Waals surface area contributed by atoms with Crippen molar-refractivity contribution in [1.82, 2.24) is 35.3 Å². The number of nitrogens with one attached hydrogen (secondary N) is 1. The zero-order valence-electron chi connectivity index (χ0n) is 16.7. The molecule has 0 bridgehead atoms. The Labute approximate surface area is 165 Å². The molecule has 28 heavy (non-hydrogen) atoms. The highest BCUT2D eigenvalue weighted by molar-refractivity contribution is 5.74. The third kappa shape index (κ3) is 3.50. The van der Waals surface area contributed by atoms with Gasteiger partial charge in [-0.3, -0.25) is 4.90 Å². The maximum absolute atomic E-state index is 12.8. The minimum Gasteiger partial charge on any atom is -0.467 e. The van der Waals surface area contributed by atoms with Crippen LogP contribution in [0.2, 0.25) is 0 Å². The van der Waals surface area contributed by atoms with Gasteiger partial charge >= 0.3 is 6.03 Å². The number of carbonyl (C=O) groups excluding carboxylic acids is 1. The maximum Gasteiger partial charge on any atom is 0.317 e. The fourth-order valence-corrected chi connectivity index (χ4v) is 4.54. The van der Waals surface area contributed by atoms with Crippen molar-refractivity contribution in [3.05, 3.63) is 30.0 Å². The van der Waals surface area contributed by atoms with Gasteiger partial charge in [-0.25, -0.2) is 9.48 Å². The van der Waals surface area contributed by atoms with Crippen LogP contribution in [0.3, 0.4) is 0 Å². The Kier molecular flexibility index (Phi) is 5.34. The predicted molar refractivity (Wildman–Crippen MR) is 102 cm³/mol. The van der Waals surface area contributed by atoms with Crippen molar-refractivity contribution >= 4 is 6.03 Å². The standard InChI is InChI=1S/C19H29N7O2/c1-24(2)19(17-21-22-23-26(17)15-7-3-4-8-15)10-6-11-25(14-19)18(27)20-13-16-9-5-12-28-16/h5,9,12,15H,3-4,6-8,10-11,13-14H2,1-2H3,(H,20,27). The molecular formula is C19H29N7O2. The second-order valence-corrected chi connectivity index (χ2v) is 8.07. The molecule has 0 aromatic carbocycles. The lowest BCUT2D eigenvalue weighted by Gasteiger charge is -2.46. The third-order valence-corrected chi connectivity index (χ3v) is 6.19. The van der Waals surface area contributed by atoms with E-state index in [9.17, 15) is 4.79 Å². The second-order valence-electron chi connectivity index (χ2n) is 8.07. The van der Waals surface area contributed by atoms with Crippen molar-refractivity contribution in [2.75, 3.05) is 27.2 Å². The Balaban J connectivity index is 1.53. The molecule has 9 heteroatoms. The van der Waals surface area contributed by atoms with E-state index in [4.69, 9.17) is 4.42 Å². The molecule has 1 saturated carbocycles. The van der Waals surface area contributed by atoms with Crippen molar-refractivity contribution in [2.45, 2.75) is 56.7 Å². The molecule has 1 saturated heterocycles. The molecule has 1 aliphatic carbocycles. The van der Waals surface area contributed by atoms with Gasteiger partial charge in [-0.1, -0.05) is 12.8 Å². The summed E-state index contributed by atoms with van der Waals surface area (Å²) in [6.45, 7) is 1.68. The van der Waals surface area contributed by atoms with E-state index in [1.54, 1.807) is 6.26 Å². The van der Waals surface area contributed by atoms with Crippen LogP contribution in [-0.2, 0) is 12.1 Å². The van der Waals surface area contributed by atoms with Gasteiger partial charge in [0.2, 0.25) is 0 Å². The number of rotatable bonds is 5. The van der Waals surface area contributed by atoms with Gasteiger partial charge in [0.25, 0.3) is 0 Å². The summed E-state index contributed by atoms with van der Waals surface area (Å²) >= 11 is 0. The van der Waals surface area contributed by atoms with Gasteiger partial charge in [-0.05, 0) is 62.3 Å². The molecule has 0 radical (unpaired) electrons. The summed E-state index contributed by atoms with van der Waals surface area (Å²) in [5.41, 5.74) is -0.383. The van der Waals surface area contributed by atoms with E-state index in [-0.39, 0.29) is 11.6 Å². The van der Waals surface area contributed by atoms with Crippen LogP contribution < -0.4 is 5.32 Å². The molecule has 3 heterocycles. The molecule has 4 rings (SSSR count). The van der Waals surface area contributed by atoms with Crippen molar-refractivity contribution < 1.29 is 9.21 Å².